The average molecular weight is 217 g/mol. The molecule has 0 bridgehead atoms. The fraction of sp³-hybridized carbons (Fsp3) is 1.00. The fourth-order valence-electron chi connectivity index (χ4n) is 2.33. The molecule has 0 aromatic heterocycles. The summed E-state index contributed by atoms with van der Waals surface area (Å²) in [5.74, 6) is 0. The van der Waals surface area contributed by atoms with Crippen LogP contribution in [0.15, 0.2) is 0 Å². The molecule has 4 heteroatoms. The summed E-state index contributed by atoms with van der Waals surface area (Å²) in [6.07, 6.45) is 5.39. The summed E-state index contributed by atoms with van der Waals surface area (Å²) in [6.45, 7) is 0.993. The van der Waals surface area contributed by atoms with Gasteiger partial charge in [0.25, 0.3) is 0 Å². The largest absolute Gasteiger partial charge is 0.395 e. The molecule has 1 rings (SSSR count). The quantitative estimate of drug-likeness (QED) is 0.584. The van der Waals surface area contributed by atoms with Gasteiger partial charge in [-0.25, -0.2) is 0 Å². The van der Waals surface area contributed by atoms with Crippen LogP contribution in [0, 0.1) is 0 Å². The van der Waals surface area contributed by atoms with Gasteiger partial charge < -0.3 is 15.3 Å². The van der Waals surface area contributed by atoms with E-state index in [0.29, 0.717) is 19.1 Å². The molecule has 0 saturated heterocycles. The highest BCUT2D eigenvalue weighted by molar-refractivity contribution is 4.77. The SMILES string of the molecule is OCCN(CC(O)CO)C1CCCCC1. The molecule has 3 N–H and O–H groups in total. The van der Waals surface area contributed by atoms with Crippen LogP contribution < -0.4 is 0 Å². The molecule has 0 aromatic carbocycles. The van der Waals surface area contributed by atoms with Crippen LogP contribution in [0.25, 0.3) is 0 Å². The summed E-state index contributed by atoms with van der Waals surface area (Å²) < 4.78 is 0. The Balaban J connectivity index is 2.39. The van der Waals surface area contributed by atoms with Crippen molar-refractivity contribution in [3.8, 4) is 0 Å². The highest BCUT2D eigenvalue weighted by Gasteiger charge is 2.22. The second-order valence-corrected chi connectivity index (χ2v) is 4.35. The molecule has 0 aromatic rings. The minimum absolute atomic E-state index is 0.120. The summed E-state index contributed by atoms with van der Waals surface area (Å²) in [5.41, 5.74) is 0. The number of hydrogen-bond acceptors (Lipinski definition) is 4. The van der Waals surface area contributed by atoms with Crippen LogP contribution in [0.3, 0.4) is 0 Å². The lowest BCUT2D eigenvalue weighted by Crippen LogP contribution is -2.44. The third-order valence-electron chi connectivity index (χ3n) is 3.13. The first kappa shape index (κ1) is 12.9. The average Bonchev–Trinajstić information content (AvgIpc) is 2.29. The molecule has 1 atom stereocenters. The van der Waals surface area contributed by atoms with Gasteiger partial charge in [-0.05, 0) is 12.8 Å². The Labute approximate surface area is 91.5 Å². The van der Waals surface area contributed by atoms with Crippen molar-refractivity contribution in [3.05, 3.63) is 0 Å². The topological polar surface area (TPSA) is 63.9 Å². The number of aliphatic hydroxyl groups is 3. The maximum atomic E-state index is 9.41. The van der Waals surface area contributed by atoms with Crippen molar-refractivity contribution in [2.24, 2.45) is 0 Å². The maximum Gasteiger partial charge on any atom is 0.0897 e. The first-order valence-electron chi connectivity index (χ1n) is 5.91. The zero-order valence-corrected chi connectivity index (χ0v) is 9.31. The zero-order valence-electron chi connectivity index (χ0n) is 9.31. The predicted molar refractivity (Wildman–Crippen MR) is 58.6 cm³/mol. The Bertz CT molecular complexity index is 160. The molecular weight excluding hydrogens is 194 g/mol. The zero-order chi connectivity index (χ0) is 11.1. The van der Waals surface area contributed by atoms with E-state index < -0.39 is 6.10 Å². The monoisotopic (exact) mass is 217 g/mol. The van der Waals surface area contributed by atoms with Gasteiger partial charge in [-0.3, -0.25) is 4.90 Å². The van der Waals surface area contributed by atoms with Crippen LogP contribution >= 0.6 is 0 Å². The molecule has 0 amide bonds. The lowest BCUT2D eigenvalue weighted by atomic mass is 9.94. The van der Waals surface area contributed by atoms with Crippen LogP contribution in [0.4, 0.5) is 0 Å². The van der Waals surface area contributed by atoms with Gasteiger partial charge in [0.05, 0.1) is 19.3 Å². The molecule has 4 nitrogen and oxygen atoms in total. The van der Waals surface area contributed by atoms with Crippen molar-refractivity contribution < 1.29 is 15.3 Å². The molecule has 0 radical (unpaired) electrons. The molecular formula is C11H23NO3. The normalized spacial score (nSPS) is 20.8. The molecule has 1 saturated carbocycles. The molecule has 0 heterocycles. The number of nitrogens with zero attached hydrogens (tertiary/aromatic N) is 1. The number of hydrogen-bond donors (Lipinski definition) is 3. The summed E-state index contributed by atoms with van der Waals surface area (Å²) >= 11 is 0. The Morgan fingerprint density at radius 2 is 1.80 bits per heavy atom. The Kier molecular flexibility index (Phi) is 6.17. The summed E-state index contributed by atoms with van der Waals surface area (Å²) in [7, 11) is 0. The molecule has 90 valence electrons. The van der Waals surface area contributed by atoms with Gasteiger partial charge in [-0.15, -0.1) is 0 Å². The molecule has 0 aliphatic heterocycles. The third-order valence-corrected chi connectivity index (χ3v) is 3.13. The highest BCUT2D eigenvalue weighted by atomic mass is 16.3. The van der Waals surface area contributed by atoms with E-state index in [9.17, 15) is 5.11 Å². The lowest BCUT2D eigenvalue weighted by Gasteiger charge is -2.34. The molecule has 1 unspecified atom stereocenters. The molecule has 1 aliphatic rings. The first-order chi connectivity index (χ1) is 7.27. The standard InChI is InChI=1S/C11H23NO3/c13-7-6-12(8-11(15)9-14)10-4-2-1-3-5-10/h10-11,13-15H,1-9H2. The van der Waals surface area contributed by atoms with Crippen molar-refractivity contribution in [1.29, 1.82) is 0 Å². The second kappa shape index (κ2) is 7.17. The van der Waals surface area contributed by atoms with Crippen molar-refractivity contribution in [3.63, 3.8) is 0 Å². The van der Waals surface area contributed by atoms with Crippen LogP contribution in [-0.4, -0.2) is 58.7 Å². The lowest BCUT2D eigenvalue weighted by molar-refractivity contribution is 0.0299. The number of rotatable bonds is 6. The van der Waals surface area contributed by atoms with Gasteiger partial charge >= 0.3 is 0 Å². The van der Waals surface area contributed by atoms with Crippen LogP contribution in [-0.2, 0) is 0 Å². The van der Waals surface area contributed by atoms with E-state index in [1.807, 2.05) is 0 Å². The van der Waals surface area contributed by atoms with Gasteiger partial charge in [-0.2, -0.15) is 0 Å². The van der Waals surface area contributed by atoms with Crippen molar-refractivity contribution >= 4 is 0 Å². The van der Waals surface area contributed by atoms with Gasteiger partial charge in [-0.1, -0.05) is 19.3 Å². The van der Waals surface area contributed by atoms with Gasteiger partial charge in [0.1, 0.15) is 0 Å². The second-order valence-electron chi connectivity index (χ2n) is 4.35. The van der Waals surface area contributed by atoms with E-state index >= 15 is 0 Å². The fourth-order valence-corrected chi connectivity index (χ4v) is 2.33. The Morgan fingerprint density at radius 1 is 1.13 bits per heavy atom. The van der Waals surface area contributed by atoms with Gasteiger partial charge in [0, 0.05) is 19.1 Å². The molecule has 1 aliphatic carbocycles. The van der Waals surface area contributed by atoms with E-state index in [2.05, 4.69) is 4.90 Å². The van der Waals surface area contributed by atoms with Crippen LogP contribution in [0.2, 0.25) is 0 Å². The van der Waals surface area contributed by atoms with Crippen LogP contribution in [0.1, 0.15) is 32.1 Å². The Hall–Kier alpha value is -0.160. The first-order valence-corrected chi connectivity index (χ1v) is 5.91. The van der Waals surface area contributed by atoms with Crippen molar-refractivity contribution in [2.75, 3.05) is 26.3 Å². The highest BCUT2D eigenvalue weighted by Crippen LogP contribution is 2.22. The van der Waals surface area contributed by atoms with Gasteiger partial charge in [0.2, 0.25) is 0 Å². The van der Waals surface area contributed by atoms with Crippen LogP contribution in [0.5, 0.6) is 0 Å². The number of aliphatic hydroxyl groups excluding tert-OH is 3. The van der Waals surface area contributed by atoms with E-state index in [4.69, 9.17) is 10.2 Å². The summed E-state index contributed by atoms with van der Waals surface area (Å²) in [6, 6.07) is 0.479. The van der Waals surface area contributed by atoms with Crippen molar-refractivity contribution in [2.45, 2.75) is 44.2 Å². The third kappa shape index (κ3) is 4.47. The minimum Gasteiger partial charge on any atom is -0.395 e. The summed E-state index contributed by atoms with van der Waals surface area (Å²) in [4.78, 5) is 2.11. The van der Waals surface area contributed by atoms with Gasteiger partial charge in [0.15, 0.2) is 0 Å². The smallest absolute Gasteiger partial charge is 0.0897 e. The minimum atomic E-state index is -0.682. The molecule has 0 spiro atoms. The van der Waals surface area contributed by atoms with E-state index in [-0.39, 0.29) is 13.2 Å². The maximum absolute atomic E-state index is 9.41. The van der Waals surface area contributed by atoms with E-state index in [1.54, 1.807) is 0 Å². The Morgan fingerprint density at radius 3 is 2.33 bits per heavy atom. The van der Waals surface area contributed by atoms with Crippen molar-refractivity contribution in [1.82, 2.24) is 4.90 Å². The summed E-state index contributed by atoms with van der Waals surface area (Å²) in [5, 5.41) is 27.2. The predicted octanol–water partition coefficient (Wildman–Crippen LogP) is -0.0334. The van der Waals surface area contributed by atoms with E-state index in [0.717, 1.165) is 12.8 Å². The molecule has 1 fully saturated rings. The van der Waals surface area contributed by atoms with E-state index in [1.165, 1.54) is 19.3 Å². The molecule has 15 heavy (non-hydrogen) atoms.